The molecule has 0 unspecified atom stereocenters. The quantitative estimate of drug-likeness (QED) is 0.882. The molecule has 2 aliphatic rings. The van der Waals surface area contributed by atoms with Crippen molar-refractivity contribution in [3.05, 3.63) is 28.7 Å². The van der Waals surface area contributed by atoms with Gasteiger partial charge in [-0.2, -0.15) is 0 Å². The minimum Gasteiger partial charge on any atom is -0.325 e. The van der Waals surface area contributed by atoms with Gasteiger partial charge >= 0.3 is 0 Å². The lowest BCUT2D eigenvalue weighted by Gasteiger charge is -2.15. The molecule has 2 fully saturated rings. The average molecular weight is 260 g/mol. The van der Waals surface area contributed by atoms with Crippen LogP contribution in [0.15, 0.2) is 23.1 Å². The van der Waals surface area contributed by atoms with Crippen LogP contribution in [0.25, 0.3) is 0 Å². The van der Waals surface area contributed by atoms with E-state index in [9.17, 15) is 9.59 Å². The lowest BCUT2D eigenvalue weighted by Crippen LogP contribution is -2.21. The zero-order chi connectivity index (χ0) is 13.4. The molecule has 1 amide bonds. The fourth-order valence-corrected chi connectivity index (χ4v) is 2.86. The molecule has 4 heteroatoms. The molecule has 0 bridgehead atoms. The number of nitrogens with one attached hydrogen (secondary N) is 1. The predicted molar refractivity (Wildman–Crippen MR) is 73.9 cm³/mol. The highest BCUT2D eigenvalue weighted by Crippen LogP contribution is 2.50. The second-order valence-electron chi connectivity index (χ2n) is 5.96. The van der Waals surface area contributed by atoms with Gasteiger partial charge in [-0.15, -0.1) is 0 Å². The number of hydrogen-bond acceptors (Lipinski definition) is 2. The SMILES string of the molecule is Cn1cc(NC(=O)CC(C2CC2)C2CC2)ccc1=O. The number of pyridine rings is 1. The summed E-state index contributed by atoms with van der Waals surface area (Å²) in [5.41, 5.74) is 0.643. The summed E-state index contributed by atoms with van der Waals surface area (Å²) in [6.45, 7) is 0. The van der Waals surface area contributed by atoms with Crippen LogP contribution >= 0.6 is 0 Å². The van der Waals surface area contributed by atoms with E-state index < -0.39 is 0 Å². The first kappa shape index (κ1) is 12.5. The molecule has 0 atom stereocenters. The van der Waals surface area contributed by atoms with Gasteiger partial charge in [0, 0.05) is 25.7 Å². The molecule has 19 heavy (non-hydrogen) atoms. The van der Waals surface area contributed by atoms with E-state index in [1.807, 2.05) is 0 Å². The van der Waals surface area contributed by atoms with Crippen molar-refractivity contribution in [1.29, 1.82) is 0 Å². The number of amides is 1. The van der Waals surface area contributed by atoms with Crippen molar-refractivity contribution in [2.24, 2.45) is 24.8 Å². The average Bonchev–Trinajstić information content (AvgIpc) is 3.25. The van der Waals surface area contributed by atoms with E-state index in [0.717, 1.165) is 11.8 Å². The lowest BCUT2D eigenvalue weighted by atomic mass is 9.94. The van der Waals surface area contributed by atoms with E-state index in [1.54, 1.807) is 19.3 Å². The van der Waals surface area contributed by atoms with Gasteiger partial charge in [-0.25, -0.2) is 0 Å². The highest BCUT2D eigenvalue weighted by atomic mass is 16.1. The Balaban J connectivity index is 1.60. The molecule has 2 saturated carbocycles. The number of aromatic nitrogens is 1. The fraction of sp³-hybridized carbons (Fsp3) is 0.600. The van der Waals surface area contributed by atoms with Crippen LogP contribution in [0.5, 0.6) is 0 Å². The Morgan fingerprint density at radius 1 is 1.32 bits per heavy atom. The number of nitrogens with zero attached hydrogens (tertiary/aromatic N) is 1. The molecule has 1 aromatic heterocycles. The van der Waals surface area contributed by atoms with Gasteiger partial charge in [-0.3, -0.25) is 9.59 Å². The minimum absolute atomic E-state index is 0.0631. The van der Waals surface area contributed by atoms with Crippen LogP contribution in [0.3, 0.4) is 0 Å². The molecule has 0 radical (unpaired) electrons. The highest BCUT2D eigenvalue weighted by molar-refractivity contribution is 5.90. The zero-order valence-electron chi connectivity index (χ0n) is 11.3. The standard InChI is InChI=1S/C15H20N2O2/c1-17-9-12(6-7-15(17)19)16-14(18)8-13(10-2-3-10)11-4-5-11/h6-7,9-11,13H,2-5,8H2,1H3,(H,16,18). The van der Waals surface area contributed by atoms with Crippen LogP contribution in [0.4, 0.5) is 5.69 Å². The second-order valence-corrected chi connectivity index (χ2v) is 5.96. The largest absolute Gasteiger partial charge is 0.325 e. The van der Waals surface area contributed by atoms with Gasteiger partial charge in [0.05, 0.1) is 5.69 Å². The maximum Gasteiger partial charge on any atom is 0.250 e. The maximum absolute atomic E-state index is 12.1. The molecule has 3 rings (SSSR count). The molecule has 1 heterocycles. The first-order valence-corrected chi connectivity index (χ1v) is 7.10. The van der Waals surface area contributed by atoms with E-state index >= 15 is 0 Å². The molecule has 1 aromatic rings. The van der Waals surface area contributed by atoms with Crippen LogP contribution in [-0.2, 0) is 11.8 Å². The van der Waals surface area contributed by atoms with Crippen molar-refractivity contribution in [2.45, 2.75) is 32.1 Å². The fourth-order valence-electron chi connectivity index (χ4n) is 2.86. The molecule has 4 nitrogen and oxygen atoms in total. The van der Waals surface area contributed by atoms with Gasteiger partial charge < -0.3 is 9.88 Å². The Bertz CT molecular complexity index is 529. The normalized spacial score (nSPS) is 18.6. The summed E-state index contributed by atoms with van der Waals surface area (Å²) in [5, 5.41) is 2.91. The van der Waals surface area contributed by atoms with E-state index in [2.05, 4.69) is 5.32 Å². The summed E-state index contributed by atoms with van der Waals surface area (Å²) >= 11 is 0. The third-order valence-corrected chi connectivity index (χ3v) is 4.25. The number of carbonyl (C=O) groups excluding carboxylic acids is 1. The second kappa shape index (κ2) is 4.83. The van der Waals surface area contributed by atoms with Gasteiger partial charge in [-0.1, -0.05) is 0 Å². The summed E-state index contributed by atoms with van der Waals surface area (Å²) in [5.74, 6) is 2.26. The van der Waals surface area contributed by atoms with Crippen molar-refractivity contribution >= 4 is 11.6 Å². The molecule has 0 aromatic carbocycles. The molecule has 0 spiro atoms. The number of hydrogen-bond donors (Lipinski definition) is 1. The van der Waals surface area contributed by atoms with E-state index in [4.69, 9.17) is 0 Å². The van der Waals surface area contributed by atoms with Crippen LogP contribution < -0.4 is 10.9 Å². The smallest absolute Gasteiger partial charge is 0.250 e. The Kier molecular flexibility index (Phi) is 3.17. The summed E-state index contributed by atoms with van der Waals surface area (Å²) < 4.78 is 1.48. The van der Waals surface area contributed by atoms with Crippen molar-refractivity contribution in [2.75, 3.05) is 5.32 Å². The Morgan fingerprint density at radius 2 is 1.95 bits per heavy atom. The Labute approximate surface area is 112 Å². The number of anilines is 1. The molecular formula is C15H20N2O2. The van der Waals surface area contributed by atoms with Gasteiger partial charge in [0.1, 0.15) is 0 Å². The zero-order valence-corrected chi connectivity index (χ0v) is 11.3. The van der Waals surface area contributed by atoms with E-state index in [1.165, 1.54) is 36.3 Å². The topological polar surface area (TPSA) is 51.1 Å². The predicted octanol–water partition coefficient (Wildman–Crippen LogP) is 2.15. The van der Waals surface area contributed by atoms with E-state index in [0.29, 0.717) is 18.0 Å². The van der Waals surface area contributed by atoms with Crippen LogP contribution in [-0.4, -0.2) is 10.5 Å². The van der Waals surface area contributed by atoms with Crippen molar-refractivity contribution < 1.29 is 4.79 Å². The third kappa shape index (κ3) is 3.06. The van der Waals surface area contributed by atoms with Gasteiger partial charge in [0.2, 0.25) is 11.5 Å². The Morgan fingerprint density at radius 3 is 2.47 bits per heavy atom. The van der Waals surface area contributed by atoms with Gasteiger partial charge in [0.15, 0.2) is 0 Å². The van der Waals surface area contributed by atoms with Gasteiger partial charge in [-0.05, 0) is 49.5 Å². The molecular weight excluding hydrogens is 240 g/mol. The number of aryl methyl sites for hydroxylation is 1. The summed E-state index contributed by atoms with van der Waals surface area (Å²) in [7, 11) is 1.69. The van der Waals surface area contributed by atoms with Crippen molar-refractivity contribution in [3.8, 4) is 0 Å². The lowest BCUT2D eigenvalue weighted by molar-refractivity contribution is -0.117. The van der Waals surface area contributed by atoms with Crippen LogP contribution in [0.1, 0.15) is 32.1 Å². The number of carbonyl (C=O) groups is 1. The summed E-state index contributed by atoms with van der Waals surface area (Å²) in [6, 6.07) is 3.15. The Hall–Kier alpha value is -1.58. The van der Waals surface area contributed by atoms with Crippen LogP contribution in [0, 0.1) is 17.8 Å². The van der Waals surface area contributed by atoms with Crippen molar-refractivity contribution in [1.82, 2.24) is 4.57 Å². The minimum atomic E-state index is -0.0631. The van der Waals surface area contributed by atoms with Crippen LogP contribution in [0.2, 0.25) is 0 Å². The molecule has 0 saturated heterocycles. The molecule has 2 aliphatic carbocycles. The number of rotatable bonds is 5. The first-order chi connectivity index (χ1) is 9.13. The van der Waals surface area contributed by atoms with Gasteiger partial charge in [0.25, 0.3) is 0 Å². The molecule has 0 aliphatic heterocycles. The van der Waals surface area contributed by atoms with E-state index in [-0.39, 0.29) is 11.5 Å². The maximum atomic E-state index is 12.1. The third-order valence-electron chi connectivity index (χ3n) is 4.25. The first-order valence-electron chi connectivity index (χ1n) is 7.10. The molecule has 102 valence electrons. The highest BCUT2D eigenvalue weighted by Gasteiger charge is 2.42. The monoisotopic (exact) mass is 260 g/mol. The van der Waals surface area contributed by atoms with Crippen molar-refractivity contribution in [3.63, 3.8) is 0 Å². The molecule has 1 N–H and O–H groups in total. The summed E-state index contributed by atoms with van der Waals surface area (Å²) in [4.78, 5) is 23.4. The summed E-state index contributed by atoms with van der Waals surface area (Å²) in [6.07, 6.45) is 7.51.